The highest BCUT2D eigenvalue weighted by Gasteiger charge is 2.16. The minimum Gasteiger partial charge on any atom is -0.493 e. The monoisotopic (exact) mass is 403 g/mol. The quantitative estimate of drug-likeness (QED) is 0.627. The zero-order chi connectivity index (χ0) is 20.9. The van der Waals surface area contributed by atoms with Crippen LogP contribution in [0.1, 0.15) is 18.2 Å². The first-order valence-corrected chi connectivity index (χ1v) is 9.86. The van der Waals surface area contributed by atoms with Gasteiger partial charge >= 0.3 is 0 Å². The maximum atomic E-state index is 5.45. The molecule has 7 heteroatoms. The summed E-state index contributed by atoms with van der Waals surface area (Å²) >= 11 is 0. The molecule has 0 aliphatic carbocycles. The summed E-state index contributed by atoms with van der Waals surface area (Å²) in [6.45, 7) is 2.16. The van der Waals surface area contributed by atoms with Crippen LogP contribution in [0.15, 0.2) is 61.1 Å². The third kappa shape index (κ3) is 4.26. The van der Waals surface area contributed by atoms with Crippen LogP contribution in [0.25, 0.3) is 16.5 Å². The molecule has 1 aromatic carbocycles. The molecule has 2 N–H and O–H groups in total. The van der Waals surface area contributed by atoms with E-state index in [0.717, 1.165) is 34.2 Å². The molecule has 3 aromatic rings. The molecule has 30 heavy (non-hydrogen) atoms. The number of dihydropyridines is 1. The van der Waals surface area contributed by atoms with E-state index in [2.05, 4.69) is 44.9 Å². The summed E-state index contributed by atoms with van der Waals surface area (Å²) in [6, 6.07) is 10.0. The molecular weight excluding hydrogens is 378 g/mol. The zero-order valence-corrected chi connectivity index (χ0v) is 17.3. The molecule has 0 spiro atoms. The van der Waals surface area contributed by atoms with E-state index in [0.29, 0.717) is 11.5 Å². The van der Waals surface area contributed by atoms with E-state index < -0.39 is 0 Å². The van der Waals surface area contributed by atoms with Crippen LogP contribution >= 0.6 is 0 Å². The van der Waals surface area contributed by atoms with Crippen molar-refractivity contribution >= 4 is 16.5 Å². The Morgan fingerprint density at radius 1 is 1.17 bits per heavy atom. The highest BCUT2D eigenvalue weighted by atomic mass is 16.5. The summed E-state index contributed by atoms with van der Waals surface area (Å²) in [7, 11) is 3.24. The summed E-state index contributed by atoms with van der Waals surface area (Å²) in [5.74, 6) is 1.30. The van der Waals surface area contributed by atoms with Crippen molar-refractivity contribution < 1.29 is 9.47 Å². The predicted molar refractivity (Wildman–Crippen MR) is 117 cm³/mol. The van der Waals surface area contributed by atoms with E-state index in [1.54, 1.807) is 20.4 Å². The van der Waals surface area contributed by atoms with Crippen molar-refractivity contribution in [1.82, 2.24) is 25.8 Å². The lowest BCUT2D eigenvalue weighted by Gasteiger charge is -2.24. The number of fused-ring (bicyclic) bond motifs is 1. The highest BCUT2D eigenvalue weighted by molar-refractivity contribution is 5.95. The molecule has 2 aromatic heterocycles. The van der Waals surface area contributed by atoms with Crippen molar-refractivity contribution in [3.8, 4) is 11.5 Å². The lowest BCUT2D eigenvalue weighted by atomic mass is 10.0. The fourth-order valence-corrected chi connectivity index (χ4v) is 3.57. The Bertz CT molecular complexity index is 1080. The molecule has 7 nitrogen and oxygen atoms in total. The van der Waals surface area contributed by atoms with Crippen molar-refractivity contribution in [1.29, 1.82) is 0 Å². The van der Waals surface area contributed by atoms with Gasteiger partial charge in [0.2, 0.25) is 0 Å². The summed E-state index contributed by atoms with van der Waals surface area (Å²) < 4.78 is 10.8. The van der Waals surface area contributed by atoms with E-state index in [1.807, 2.05) is 42.7 Å². The van der Waals surface area contributed by atoms with Gasteiger partial charge in [-0.15, -0.1) is 0 Å². The Morgan fingerprint density at radius 2 is 2.00 bits per heavy atom. The number of rotatable bonds is 7. The van der Waals surface area contributed by atoms with Gasteiger partial charge in [-0.05, 0) is 36.8 Å². The topological polar surface area (TPSA) is 81.2 Å². The average Bonchev–Trinajstić information content (AvgIpc) is 2.79. The Hall–Kier alpha value is -3.45. The molecule has 2 unspecified atom stereocenters. The van der Waals surface area contributed by atoms with Crippen molar-refractivity contribution in [3.05, 3.63) is 72.3 Å². The summed E-state index contributed by atoms with van der Waals surface area (Å²) in [4.78, 5) is 4.40. The van der Waals surface area contributed by atoms with Gasteiger partial charge in [0.25, 0.3) is 0 Å². The minimum absolute atomic E-state index is 0.0446. The Kier molecular flexibility index (Phi) is 5.90. The maximum absolute atomic E-state index is 5.45. The third-order valence-electron chi connectivity index (χ3n) is 5.05. The number of methoxy groups -OCH3 is 2. The SMILES string of the molecule is COc1cc2nncc(C3=CNC(NC(C)Cc4ccccn4)C=C3)c2cc1OC. The second kappa shape index (κ2) is 8.92. The first kappa shape index (κ1) is 19.8. The molecule has 154 valence electrons. The number of allylic oxidation sites excluding steroid dienone is 2. The maximum Gasteiger partial charge on any atom is 0.162 e. The van der Waals surface area contributed by atoms with Gasteiger partial charge in [0.15, 0.2) is 11.5 Å². The third-order valence-corrected chi connectivity index (χ3v) is 5.05. The number of hydrogen-bond acceptors (Lipinski definition) is 7. The highest BCUT2D eigenvalue weighted by Crippen LogP contribution is 2.34. The van der Waals surface area contributed by atoms with E-state index in [9.17, 15) is 0 Å². The molecule has 0 amide bonds. The normalized spacial score (nSPS) is 16.6. The minimum atomic E-state index is 0.0446. The van der Waals surface area contributed by atoms with Gasteiger partial charge in [0, 0.05) is 47.6 Å². The molecule has 1 aliphatic rings. The van der Waals surface area contributed by atoms with Crippen LogP contribution in [0.4, 0.5) is 0 Å². The smallest absolute Gasteiger partial charge is 0.162 e. The Morgan fingerprint density at radius 3 is 2.70 bits per heavy atom. The first-order valence-electron chi connectivity index (χ1n) is 9.86. The molecule has 4 rings (SSSR count). The molecule has 0 saturated heterocycles. The second-order valence-corrected chi connectivity index (χ2v) is 7.18. The fourth-order valence-electron chi connectivity index (χ4n) is 3.57. The van der Waals surface area contributed by atoms with Crippen LogP contribution in [0.2, 0.25) is 0 Å². The van der Waals surface area contributed by atoms with Crippen LogP contribution in [0.5, 0.6) is 11.5 Å². The number of aromatic nitrogens is 3. The molecule has 0 fully saturated rings. The number of hydrogen-bond donors (Lipinski definition) is 2. The fraction of sp³-hybridized carbons (Fsp3) is 0.261. The zero-order valence-electron chi connectivity index (χ0n) is 17.3. The van der Waals surface area contributed by atoms with Crippen LogP contribution < -0.4 is 20.1 Å². The number of nitrogens with one attached hydrogen (secondary N) is 2. The van der Waals surface area contributed by atoms with E-state index in [4.69, 9.17) is 9.47 Å². The Balaban J connectivity index is 1.49. The summed E-state index contributed by atoms with van der Waals surface area (Å²) in [5.41, 5.74) is 3.83. The summed E-state index contributed by atoms with van der Waals surface area (Å²) in [6.07, 6.45) is 10.7. The van der Waals surface area contributed by atoms with Crippen molar-refractivity contribution in [2.75, 3.05) is 14.2 Å². The first-order chi connectivity index (χ1) is 14.7. The second-order valence-electron chi connectivity index (χ2n) is 7.18. The average molecular weight is 403 g/mol. The van der Waals surface area contributed by atoms with E-state index >= 15 is 0 Å². The van der Waals surface area contributed by atoms with Gasteiger partial charge in [-0.1, -0.05) is 12.1 Å². The van der Waals surface area contributed by atoms with E-state index in [1.165, 1.54) is 0 Å². The molecule has 1 aliphatic heterocycles. The molecular formula is C23H25N5O2. The van der Waals surface area contributed by atoms with Gasteiger partial charge in [-0.2, -0.15) is 10.2 Å². The van der Waals surface area contributed by atoms with Crippen LogP contribution in [0, 0.1) is 0 Å². The van der Waals surface area contributed by atoms with Crippen LogP contribution in [0.3, 0.4) is 0 Å². The van der Waals surface area contributed by atoms with Gasteiger partial charge in [0.1, 0.15) is 0 Å². The van der Waals surface area contributed by atoms with E-state index in [-0.39, 0.29) is 12.2 Å². The summed E-state index contributed by atoms with van der Waals surface area (Å²) in [5, 5.41) is 16.3. The van der Waals surface area contributed by atoms with Gasteiger partial charge in [-0.25, -0.2) is 0 Å². The molecule has 3 heterocycles. The van der Waals surface area contributed by atoms with Crippen LogP contribution in [-0.4, -0.2) is 41.6 Å². The standard InChI is InChI=1S/C23H25N5O2/c1-15(10-17-6-4-5-9-24-17)27-23-8-7-16(13-25-23)19-14-26-28-20-12-22(30-3)21(29-2)11-18(19)20/h4-9,11-15,23,25,27H,10H2,1-3H3. The van der Waals surface area contributed by atoms with Crippen LogP contribution in [-0.2, 0) is 6.42 Å². The van der Waals surface area contributed by atoms with Gasteiger partial charge in [0.05, 0.1) is 32.1 Å². The molecule has 0 saturated carbocycles. The van der Waals surface area contributed by atoms with Gasteiger partial charge in [-0.3, -0.25) is 10.3 Å². The van der Waals surface area contributed by atoms with Crippen molar-refractivity contribution in [2.24, 2.45) is 0 Å². The molecule has 0 bridgehead atoms. The lowest BCUT2D eigenvalue weighted by molar-refractivity contribution is 0.355. The number of nitrogens with zero attached hydrogens (tertiary/aromatic N) is 3. The largest absolute Gasteiger partial charge is 0.493 e. The molecule has 0 radical (unpaired) electrons. The number of pyridine rings is 1. The predicted octanol–water partition coefficient (Wildman–Crippen LogP) is 3.09. The van der Waals surface area contributed by atoms with Crippen molar-refractivity contribution in [3.63, 3.8) is 0 Å². The lowest BCUT2D eigenvalue weighted by Crippen LogP contribution is -2.44. The Labute approximate surface area is 175 Å². The van der Waals surface area contributed by atoms with Gasteiger partial charge < -0.3 is 14.8 Å². The van der Waals surface area contributed by atoms with Crippen molar-refractivity contribution in [2.45, 2.75) is 25.6 Å². The number of ether oxygens (including phenoxy) is 2. The molecule has 2 atom stereocenters. The number of benzene rings is 1.